The monoisotopic (exact) mass is 386 g/mol. The zero-order valence-corrected chi connectivity index (χ0v) is 16.5. The summed E-state index contributed by atoms with van der Waals surface area (Å²) in [6.07, 6.45) is 3.35. The first kappa shape index (κ1) is 19.7. The second-order valence-electron chi connectivity index (χ2n) is 7.51. The number of carbonyl (C=O) groups excluding carboxylic acids is 1. The summed E-state index contributed by atoms with van der Waals surface area (Å²) in [7, 11) is 1.67. The Labute approximate surface area is 167 Å². The maximum absolute atomic E-state index is 12.5. The predicted molar refractivity (Wildman–Crippen MR) is 110 cm³/mol. The molecule has 2 aliphatic rings. The SMILES string of the molecule is COc1ccc(-c2ccc(CNC(=O)C3CC34CCNCC4)cc2)cc1.Cl. The van der Waals surface area contributed by atoms with E-state index in [1.54, 1.807) is 7.11 Å². The molecular weight excluding hydrogens is 360 g/mol. The van der Waals surface area contributed by atoms with Crippen LogP contribution in [0.1, 0.15) is 24.8 Å². The van der Waals surface area contributed by atoms with Gasteiger partial charge in [-0.3, -0.25) is 4.79 Å². The van der Waals surface area contributed by atoms with E-state index in [1.807, 2.05) is 12.1 Å². The van der Waals surface area contributed by atoms with E-state index in [0.717, 1.165) is 49.2 Å². The van der Waals surface area contributed by atoms with Crippen molar-refractivity contribution in [3.05, 3.63) is 54.1 Å². The number of halogens is 1. The number of hydrogen-bond acceptors (Lipinski definition) is 3. The van der Waals surface area contributed by atoms with Gasteiger partial charge in [-0.05, 0) is 66.6 Å². The van der Waals surface area contributed by atoms with Gasteiger partial charge in [0.2, 0.25) is 5.91 Å². The molecule has 1 unspecified atom stereocenters. The molecule has 1 heterocycles. The third kappa shape index (κ3) is 4.28. The van der Waals surface area contributed by atoms with Crippen LogP contribution in [0, 0.1) is 11.3 Å². The number of methoxy groups -OCH3 is 1. The van der Waals surface area contributed by atoms with Crippen LogP contribution in [0.4, 0.5) is 0 Å². The Morgan fingerprint density at radius 3 is 2.26 bits per heavy atom. The Bertz CT molecular complexity index is 768. The smallest absolute Gasteiger partial charge is 0.223 e. The highest BCUT2D eigenvalue weighted by atomic mass is 35.5. The van der Waals surface area contributed by atoms with Gasteiger partial charge in [-0.25, -0.2) is 0 Å². The van der Waals surface area contributed by atoms with Crippen LogP contribution in [0.25, 0.3) is 11.1 Å². The van der Waals surface area contributed by atoms with Crippen molar-refractivity contribution in [2.75, 3.05) is 20.2 Å². The van der Waals surface area contributed by atoms with E-state index in [1.165, 1.54) is 5.56 Å². The number of carbonyl (C=O) groups is 1. The summed E-state index contributed by atoms with van der Waals surface area (Å²) < 4.78 is 5.20. The summed E-state index contributed by atoms with van der Waals surface area (Å²) >= 11 is 0. The molecule has 4 rings (SSSR count). The van der Waals surface area contributed by atoms with Crippen molar-refractivity contribution in [3.8, 4) is 16.9 Å². The Morgan fingerprint density at radius 2 is 1.67 bits per heavy atom. The van der Waals surface area contributed by atoms with Gasteiger partial charge in [-0.2, -0.15) is 0 Å². The van der Waals surface area contributed by atoms with E-state index in [2.05, 4.69) is 47.0 Å². The molecule has 27 heavy (non-hydrogen) atoms. The van der Waals surface area contributed by atoms with E-state index in [-0.39, 0.29) is 24.2 Å². The van der Waals surface area contributed by atoms with Crippen LogP contribution < -0.4 is 15.4 Å². The minimum atomic E-state index is 0. The topological polar surface area (TPSA) is 50.4 Å². The average Bonchev–Trinajstić information content (AvgIpc) is 3.40. The van der Waals surface area contributed by atoms with Crippen molar-refractivity contribution in [3.63, 3.8) is 0 Å². The number of amides is 1. The minimum Gasteiger partial charge on any atom is -0.497 e. The third-order valence-electron chi connectivity index (χ3n) is 5.95. The van der Waals surface area contributed by atoms with Gasteiger partial charge in [-0.1, -0.05) is 36.4 Å². The van der Waals surface area contributed by atoms with Crippen LogP contribution in [-0.2, 0) is 11.3 Å². The zero-order valence-electron chi connectivity index (χ0n) is 15.7. The largest absolute Gasteiger partial charge is 0.497 e. The predicted octanol–water partition coefficient (Wildman–Crippen LogP) is 3.79. The quantitative estimate of drug-likeness (QED) is 0.821. The van der Waals surface area contributed by atoms with Gasteiger partial charge in [-0.15, -0.1) is 12.4 Å². The molecule has 0 aromatic heterocycles. The van der Waals surface area contributed by atoms with Gasteiger partial charge in [0.25, 0.3) is 0 Å². The normalized spacial score (nSPS) is 19.8. The second kappa shape index (κ2) is 8.32. The molecule has 2 aromatic carbocycles. The van der Waals surface area contributed by atoms with E-state index in [4.69, 9.17) is 4.74 Å². The molecule has 1 aliphatic heterocycles. The molecule has 1 saturated carbocycles. The fraction of sp³-hybridized carbons (Fsp3) is 0.409. The number of piperidine rings is 1. The lowest BCUT2D eigenvalue weighted by Gasteiger charge is -2.23. The average molecular weight is 387 g/mol. The lowest BCUT2D eigenvalue weighted by Crippen LogP contribution is -2.33. The molecular formula is C22H27ClN2O2. The molecule has 0 radical (unpaired) electrons. The maximum atomic E-state index is 12.5. The number of ether oxygens (including phenoxy) is 1. The number of benzene rings is 2. The van der Waals surface area contributed by atoms with Crippen LogP contribution in [0.15, 0.2) is 48.5 Å². The van der Waals surface area contributed by atoms with Gasteiger partial charge in [0, 0.05) is 12.5 Å². The lowest BCUT2D eigenvalue weighted by molar-refractivity contribution is -0.123. The van der Waals surface area contributed by atoms with Crippen LogP contribution in [0.3, 0.4) is 0 Å². The highest BCUT2D eigenvalue weighted by Crippen LogP contribution is 2.58. The summed E-state index contributed by atoms with van der Waals surface area (Å²) in [4.78, 5) is 12.5. The Hall–Kier alpha value is -2.04. The molecule has 1 spiro atoms. The van der Waals surface area contributed by atoms with Gasteiger partial charge < -0.3 is 15.4 Å². The molecule has 1 saturated heterocycles. The first-order chi connectivity index (χ1) is 12.7. The molecule has 0 bridgehead atoms. The van der Waals surface area contributed by atoms with E-state index >= 15 is 0 Å². The zero-order chi connectivity index (χ0) is 18.0. The second-order valence-corrected chi connectivity index (χ2v) is 7.51. The third-order valence-corrected chi connectivity index (χ3v) is 5.95. The van der Waals surface area contributed by atoms with Crippen molar-refractivity contribution < 1.29 is 9.53 Å². The Kier molecular flexibility index (Phi) is 6.08. The van der Waals surface area contributed by atoms with Crippen molar-refractivity contribution in [2.24, 2.45) is 11.3 Å². The van der Waals surface area contributed by atoms with Crippen LogP contribution in [0.5, 0.6) is 5.75 Å². The van der Waals surface area contributed by atoms with Crippen molar-refractivity contribution in [2.45, 2.75) is 25.8 Å². The van der Waals surface area contributed by atoms with E-state index in [0.29, 0.717) is 12.0 Å². The number of hydrogen-bond donors (Lipinski definition) is 2. The minimum absolute atomic E-state index is 0. The van der Waals surface area contributed by atoms with Gasteiger partial charge in [0.05, 0.1) is 7.11 Å². The van der Waals surface area contributed by atoms with E-state index < -0.39 is 0 Å². The molecule has 1 amide bonds. The molecule has 144 valence electrons. The Morgan fingerprint density at radius 1 is 1.07 bits per heavy atom. The molecule has 2 N–H and O–H groups in total. The van der Waals surface area contributed by atoms with Crippen molar-refractivity contribution in [1.29, 1.82) is 0 Å². The van der Waals surface area contributed by atoms with Crippen LogP contribution >= 0.6 is 12.4 Å². The summed E-state index contributed by atoms with van der Waals surface area (Å²) in [5.41, 5.74) is 3.76. The first-order valence-corrected chi connectivity index (χ1v) is 9.42. The summed E-state index contributed by atoms with van der Waals surface area (Å²) in [6.45, 7) is 2.71. The molecule has 1 atom stereocenters. The highest BCUT2D eigenvalue weighted by molar-refractivity contribution is 5.85. The molecule has 4 nitrogen and oxygen atoms in total. The molecule has 2 fully saturated rings. The van der Waals surface area contributed by atoms with Crippen molar-refractivity contribution in [1.82, 2.24) is 10.6 Å². The maximum Gasteiger partial charge on any atom is 0.223 e. The van der Waals surface area contributed by atoms with E-state index in [9.17, 15) is 4.79 Å². The number of rotatable bonds is 5. The Balaban J connectivity index is 0.00000210. The van der Waals surface area contributed by atoms with Crippen LogP contribution in [0.2, 0.25) is 0 Å². The lowest BCUT2D eigenvalue weighted by atomic mass is 9.92. The van der Waals surface area contributed by atoms with Gasteiger partial charge >= 0.3 is 0 Å². The molecule has 2 aromatic rings. The van der Waals surface area contributed by atoms with Gasteiger partial charge in [0.1, 0.15) is 5.75 Å². The summed E-state index contributed by atoms with van der Waals surface area (Å²) in [6, 6.07) is 16.4. The van der Waals surface area contributed by atoms with Gasteiger partial charge in [0.15, 0.2) is 0 Å². The summed E-state index contributed by atoms with van der Waals surface area (Å²) in [5.74, 6) is 1.31. The fourth-order valence-electron chi connectivity index (χ4n) is 4.11. The standard InChI is InChI=1S/C22H26N2O2.ClH/c1-26-19-8-6-18(7-9-19)17-4-2-16(3-5-17)15-24-21(25)20-14-22(20)10-12-23-13-11-22;/h2-9,20,23H,10-15H2,1H3,(H,24,25);1H. The summed E-state index contributed by atoms with van der Waals surface area (Å²) in [5, 5.41) is 6.52. The first-order valence-electron chi connectivity index (χ1n) is 9.42. The molecule has 1 aliphatic carbocycles. The number of nitrogens with one attached hydrogen (secondary N) is 2. The fourth-order valence-corrected chi connectivity index (χ4v) is 4.11. The molecule has 5 heteroatoms. The van der Waals surface area contributed by atoms with Crippen molar-refractivity contribution >= 4 is 18.3 Å². The van der Waals surface area contributed by atoms with Crippen LogP contribution in [-0.4, -0.2) is 26.1 Å². The highest BCUT2D eigenvalue weighted by Gasteiger charge is 2.57.